The molecule has 6 amide bonds. The number of urea groups is 1. The Hall–Kier alpha value is -14.2. The van der Waals surface area contributed by atoms with Gasteiger partial charge in [0.1, 0.15) is 29.4 Å². The number of nitrogens with one attached hydrogen (secondary N) is 2. The molecule has 0 saturated heterocycles. The molecule has 0 fully saturated rings. The molecule has 6 aromatic heterocycles. The number of halogens is 5. The number of nitrogens with two attached hydrogens (primary N) is 5. The van der Waals surface area contributed by atoms with Crippen molar-refractivity contribution in [1.29, 1.82) is 0 Å². The number of ether oxygens (including phenoxy) is 8. The number of nitrogen functional groups attached to an aromatic ring is 2. The van der Waals surface area contributed by atoms with Crippen LogP contribution in [-0.2, 0) is 115 Å². The van der Waals surface area contributed by atoms with Crippen molar-refractivity contribution in [1.82, 2.24) is 62.6 Å². The zero-order valence-corrected chi connectivity index (χ0v) is 84.5. The summed E-state index contributed by atoms with van der Waals surface area (Å²) in [6, 6.07) is 18.9. The van der Waals surface area contributed by atoms with Crippen molar-refractivity contribution in [2.45, 2.75) is 108 Å². The van der Waals surface area contributed by atoms with Crippen LogP contribution in [0.4, 0.5) is 39.7 Å². The van der Waals surface area contributed by atoms with E-state index >= 15 is 0 Å². The molecule has 0 radical (unpaired) electrons. The minimum absolute atomic E-state index is 0. The molecule has 9 heterocycles. The molecule has 0 unspecified atom stereocenters. The highest BCUT2D eigenvalue weighted by atomic mass is 79.9. The zero-order valence-electron chi connectivity index (χ0n) is 77.3. The summed E-state index contributed by atoms with van der Waals surface area (Å²) in [5.41, 5.74) is 18.3. The number of aliphatic imine (C=N–C) groups is 1. The fraction of sp³-hybridized carbons (Fsp3) is 0.354. The molecule has 0 spiro atoms. The van der Waals surface area contributed by atoms with E-state index in [1.165, 1.54) is 30.7 Å². The van der Waals surface area contributed by atoms with E-state index in [9.17, 15) is 71.9 Å². The van der Waals surface area contributed by atoms with Crippen LogP contribution in [0.15, 0.2) is 109 Å². The molecule has 12 rings (SSSR count). The topological polar surface area (TPSA) is 713 Å². The number of aromatic nitrogens is 12. The number of cyclic esters (lactones) is 2. The van der Waals surface area contributed by atoms with Crippen molar-refractivity contribution in [3.05, 3.63) is 172 Å². The second kappa shape index (κ2) is 58.8. The summed E-state index contributed by atoms with van der Waals surface area (Å²) in [6.45, 7) is 22.9. The highest BCUT2D eigenvalue weighted by molar-refractivity contribution is 9.11. The minimum Gasteiger partial charge on any atom is -0.481 e. The Morgan fingerprint density at radius 1 is 0.496 bits per heavy atom. The number of amides is 6. The average Bonchev–Trinajstić information content (AvgIpc) is 1.60. The number of carboxylic acid groups (broad SMARTS) is 1. The van der Waals surface area contributed by atoms with Gasteiger partial charge in [-0.05, 0) is 183 Å². The van der Waals surface area contributed by atoms with Gasteiger partial charge in [-0.3, -0.25) is 50.6 Å². The number of carbonyl (C=O) groups is 15. The van der Waals surface area contributed by atoms with Gasteiger partial charge in [0, 0.05) is 49.2 Å². The van der Waals surface area contributed by atoms with Gasteiger partial charge in [0.25, 0.3) is 29.6 Å². The van der Waals surface area contributed by atoms with Crippen molar-refractivity contribution < 1.29 is 135 Å². The van der Waals surface area contributed by atoms with Gasteiger partial charge in [0.05, 0.1) is 91.3 Å². The van der Waals surface area contributed by atoms with Crippen LogP contribution in [0.25, 0.3) is 0 Å². The van der Waals surface area contributed by atoms with E-state index in [1.807, 2.05) is 11.6 Å². The predicted molar refractivity (Wildman–Crippen MR) is 502 cm³/mol. The molecule has 0 bridgehead atoms. The maximum atomic E-state index is 12.6. The maximum absolute atomic E-state index is 12.6. The van der Waals surface area contributed by atoms with Crippen molar-refractivity contribution in [3.8, 4) is 0 Å². The third-order valence-electron chi connectivity index (χ3n) is 16.2. The van der Waals surface area contributed by atoms with Crippen LogP contribution in [-0.4, -0.2) is 227 Å². The third-order valence-corrected chi connectivity index (χ3v) is 19.0. The molecule has 50 nitrogen and oxygen atoms in total. The zero-order chi connectivity index (χ0) is 103. The van der Waals surface area contributed by atoms with Crippen LogP contribution in [0, 0.1) is 0 Å². The number of imidazole rings is 6. The van der Waals surface area contributed by atoms with Gasteiger partial charge in [-0.1, -0.05) is 43.3 Å². The first-order valence-corrected chi connectivity index (χ1v) is 42.4. The van der Waals surface area contributed by atoms with Gasteiger partial charge in [-0.25, -0.2) is 82.9 Å². The van der Waals surface area contributed by atoms with E-state index in [0.717, 1.165) is 28.8 Å². The molecule has 0 aliphatic carbocycles. The van der Waals surface area contributed by atoms with Crippen molar-refractivity contribution in [2.24, 2.45) is 64.7 Å². The number of aliphatic carboxylic acids is 1. The van der Waals surface area contributed by atoms with Crippen LogP contribution in [0.5, 0.6) is 0 Å². The van der Waals surface area contributed by atoms with Crippen LogP contribution in [0.1, 0.15) is 210 Å². The monoisotopic (exact) mass is 2190 g/mol. The Morgan fingerprint density at radius 3 is 1.21 bits per heavy atom. The fourth-order valence-corrected chi connectivity index (χ4v) is 12.1. The number of esters is 9. The van der Waals surface area contributed by atoms with Crippen LogP contribution >= 0.6 is 76.1 Å². The molecule has 137 heavy (non-hydrogen) atoms. The van der Waals surface area contributed by atoms with Crippen LogP contribution in [0.2, 0.25) is 0 Å². The van der Waals surface area contributed by atoms with Gasteiger partial charge in [-0.2, -0.15) is 9.59 Å². The number of hydrazine groups is 1. The molecule has 0 saturated carbocycles. The maximum Gasteiger partial charge on any atom is 0.373 e. The summed E-state index contributed by atoms with van der Waals surface area (Å²) in [6.07, 6.45) is 5.63. The van der Waals surface area contributed by atoms with Crippen LogP contribution in [0.3, 0.4) is 0 Å². The molecule has 744 valence electrons. The summed E-state index contributed by atoms with van der Waals surface area (Å²) < 4.78 is 49.5. The number of fused-ring (bicyclic) bond motifs is 3. The van der Waals surface area contributed by atoms with Gasteiger partial charge in [0.2, 0.25) is 6.08 Å². The first-order chi connectivity index (χ1) is 63.4. The number of carboxylic acids is 1. The summed E-state index contributed by atoms with van der Waals surface area (Å²) in [4.78, 5) is 229. The SMILES string of the molecule is CC(=O)O.CC(C)(C)OC(=O)CN.CCOC(=O)c1c(N=C=O)nc(Br)n1C.CCOC(=O)c1c(NC(=O)NCC(=O)OC(C)(C)C)nc(Br)n1C.CCOC(=O)c1nc(Br)n(C)c1N.CCOC(=O)c1nc(Br)n(C)c1N1C(=O)c2ccccc2C1=O.CCOC(=O)c1ncn(C)c1N1C(=O)c2ccccc2C1=O.CCc1c(N)ncn1C.Cl.NN.O.O=C1OC(=O)c2ccccc21.O=C=O. The first kappa shape index (κ1) is 123. The van der Waals surface area contributed by atoms with Gasteiger partial charge >= 0.3 is 65.9 Å². The average molecular weight is 2200 g/mol. The smallest absolute Gasteiger partial charge is 0.373 e. The molecule has 3 aliphatic heterocycles. The summed E-state index contributed by atoms with van der Waals surface area (Å²) in [5, 5.41) is 12.2. The Bertz CT molecular complexity index is 5750. The number of isocyanates is 1. The minimum atomic E-state index is -0.833. The van der Waals surface area contributed by atoms with E-state index in [2.05, 4.69) is 133 Å². The second-order valence-electron chi connectivity index (χ2n) is 27.9. The lowest BCUT2D eigenvalue weighted by Crippen LogP contribution is -2.37. The summed E-state index contributed by atoms with van der Waals surface area (Å²) in [7, 11) is 10.0. The van der Waals surface area contributed by atoms with Crippen molar-refractivity contribution in [3.63, 3.8) is 0 Å². The molecule has 3 aliphatic rings. The number of anilines is 5. The number of imide groups is 2. The lowest BCUT2D eigenvalue weighted by molar-refractivity contribution is -0.192. The lowest BCUT2D eigenvalue weighted by atomic mass is 10.1. The van der Waals surface area contributed by atoms with E-state index in [4.69, 9.17) is 69.8 Å². The first-order valence-electron chi connectivity index (χ1n) is 39.3. The Balaban J connectivity index is 0.00000155. The lowest BCUT2D eigenvalue weighted by Gasteiger charge is -2.19. The Morgan fingerprint density at radius 2 is 0.847 bits per heavy atom. The molecular formula is C82H103Br4ClN22O28. The van der Waals surface area contributed by atoms with Gasteiger partial charge in [0.15, 0.2) is 70.7 Å². The predicted octanol–water partition coefficient (Wildman–Crippen LogP) is 7.42. The van der Waals surface area contributed by atoms with Crippen LogP contribution < -0.4 is 49.3 Å². The molecule has 15 N–H and O–H groups in total. The quantitative estimate of drug-likeness (QED) is 0.00605. The Labute approximate surface area is 821 Å². The fourth-order valence-electron chi connectivity index (χ4n) is 10.7. The van der Waals surface area contributed by atoms with Gasteiger partial charge < -0.3 is 98.4 Å². The van der Waals surface area contributed by atoms with E-state index in [-0.39, 0.29) is 121 Å². The standard InChI is InChI=1S/C15H12BrN3O4.C15H13N3O4.C14H21BrN4O5.C8H8BrN3O3.C8H4O3.C7H10BrN3O2.C6H11N3.C6H13NO2.C2H4O2.CO2.ClH.H4N2.H2O/c1-3-23-14(22)10-11(18(2)15(16)17-10)19-12(20)8-6-4-5-7-9(8)13(19)21;1-3-22-15(21)11-12(17(2)8-16-11)18-13(19)9-6-4-5-7-10(9)14(18)20;1-6-23-11(21)9-10(17-12(15)19(9)5)18-13(22)16-7-8(20)24-14(2,3)4;1-3-15-7(14)5-6(10-4-13)11-8(9)12(5)2;9-7-5-3-1-2-4-6(5)8(10)11-7;1-3-13-6(12)4-5(9)11(2)7(8)10-4;1-3-5-6(7)8-4-9(5)2;1-6(2,3)9-5(8)4-7;1-2(3)4;2-1-3;;1-2;/h4-7H,3H2,1-2H3;4-8H,3H2,1-2H3;6-7H2,1-5H3,(H2,16,18,22);3H2,1-2H3;1-4H;3,9H2,1-2H3;4H,3,7H2,1-2H3;4,7H2,1-3H3;1H3,(H,3,4);;1H;1-2H2;1H2. The number of carbonyl (C=O) groups excluding carboxylic acids is 17. The molecule has 55 heteroatoms. The van der Waals surface area contributed by atoms with E-state index in [1.54, 1.807) is 195 Å². The molecular weight excluding hydrogens is 2100 g/mol. The normalized spacial score (nSPS) is 11.2. The number of hydrogen-bond acceptors (Lipinski definition) is 38. The van der Waals surface area contributed by atoms with Crippen molar-refractivity contribution in [2.75, 3.05) is 72.7 Å². The van der Waals surface area contributed by atoms with Gasteiger partial charge in [-0.15, -0.1) is 17.4 Å². The molecule has 0 atom stereocenters. The van der Waals surface area contributed by atoms with Crippen molar-refractivity contribution >= 4 is 213 Å². The summed E-state index contributed by atoms with van der Waals surface area (Å²) in [5.74, 6) is 1.29. The highest BCUT2D eigenvalue weighted by Crippen LogP contribution is 2.35. The number of aryl methyl sites for hydroxylation is 2. The number of benzene rings is 3. The van der Waals surface area contributed by atoms with E-state index in [0.29, 0.717) is 70.6 Å². The Kier molecular flexibility index (Phi) is 52.7. The second-order valence-corrected chi connectivity index (χ2v) is 30.7. The number of hydrogen-bond donors (Lipinski definition) is 8. The van der Waals surface area contributed by atoms with E-state index < -0.39 is 94.6 Å². The molecule has 3 aromatic carbocycles. The number of nitrogens with zero attached hydrogens (tertiary/aromatic N) is 15. The largest absolute Gasteiger partial charge is 0.481 e. The summed E-state index contributed by atoms with van der Waals surface area (Å²) >= 11 is 12.6. The molecule has 9 aromatic rings. The highest BCUT2D eigenvalue weighted by Gasteiger charge is 2.43. The third kappa shape index (κ3) is 35.5. The number of rotatable bonds is 18.